The normalized spacial score (nSPS) is 14.3. The quantitative estimate of drug-likeness (QED) is 0.866. The van der Waals surface area contributed by atoms with Crippen LogP contribution in [0.3, 0.4) is 0 Å². The Morgan fingerprint density at radius 2 is 1.95 bits per heavy atom. The van der Waals surface area contributed by atoms with E-state index in [1.807, 2.05) is 25.1 Å². The van der Waals surface area contributed by atoms with Gasteiger partial charge in [0.2, 0.25) is 0 Å². The van der Waals surface area contributed by atoms with Gasteiger partial charge in [0.1, 0.15) is 5.75 Å². The van der Waals surface area contributed by atoms with E-state index in [9.17, 15) is 9.90 Å². The zero-order chi connectivity index (χ0) is 14.3. The Labute approximate surface area is 126 Å². The predicted octanol–water partition coefficient (Wildman–Crippen LogP) is 3.67. The van der Waals surface area contributed by atoms with Crippen LogP contribution in [0.2, 0.25) is 0 Å². The van der Waals surface area contributed by atoms with Crippen LogP contribution < -0.4 is 4.90 Å². The first-order valence-electron chi connectivity index (χ1n) is 6.47. The lowest BCUT2D eigenvalue weighted by atomic mass is 9.97. The molecule has 1 amide bonds. The Hall–Kier alpha value is -1.81. The molecule has 1 heterocycles. The highest BCUT2D eigenvalue weighted by molar-refractivity contribution is 9.10. The number of carbonyl (C=O) groups is 1. The van der Waals surface area contributed by atoms with Gasteiger partial charge in [0, 0.05) is 27.8 Å². The summed E-state index contributed by atoms with van der Waals surface area (Å²) in [7, 11) is 0. The summed E-state index contributed by atoms with van der Waals surface area (Å²) in [5, 5.41) is 9.85. The summed E-state index contributed by atoms with van der Waals surface area (Å²) in [6, 6.07) is 11.0. The van der Waals surface area contributed by atoms with Gasteiger partial charge in [0.15, 0.2) is 0 Å². The molecule has 0 bridgehead atoms. The minimum atomic E-state index is -0.0525. The largest absolute Gasteiger partial charge is 0.508 e. The second-order valence-electron chi connectivity index (χ2n) is 4.89. The fourth-order valence-corrected chi connectivity index (χ4v) is 2.98. The number of benzene rings is 2. The van der Waals surface area contributed by atoms with Crippen LogP contribution in [-0.4, -0.2) is 17.6 Å². The maximum atomic E-state index is 12.6. The van der Waals surface area contributed by atoms with Crippen molar-refractivity contribution >= 4 is 27.5 Å². The number of carbonyl (C=O) groups excluding carboxylic acids is 1. The number of phenolic OH excluding ortho intramolecular Hbond substituents is 1. The molecule has 20 heavy (non-hydrogen) atoms. The molecule has 3 rings (SSSR count). The highest BCUT2D eigenvalue weighted by Crippen LogP contribution is 2.33. The molecule has 0 radical (unpaired) electrons. The summed E-state index contributed by atoms with van der Waals surface area (Å²) >= 11 is 3.50. The van der Waals surface area contributed by atoms with Crippen molar-refractivity contribution in [1.82, 2.24) is 0 Å². The molecule has 0 spiro atoms. The van der Waals surface area contributed by atoms with Crippen molar-refractivity contribution in [2.75, 3.05) is 11.4 Å². The van der Waals surface area contributed by atoms with E-state index in [4.69, 9.17) is 0 Å². The molecular weight excluding hydrogens is 318 g/mol. The zero-order valence-electron chi connectivity index (χ0n) is 11.1. The van der Waals surface area contributed by atoms with Crippen LogP contribution in [0.15, 0.2) is 40.9 Å². The van der Waals surface area contributed by atoms with Crippen molar-refractivity contribution in [3.63, 3.8) is 0 Å². The third-order valence-corrected chi connectivity index (χ3v) is 4.60. The van der Waals surface area contributed by atoms with Crippen LogP contribution in [0.1, 0.15) is 21.5 Å². The van der Waals surface area contributed by atoms with E-state index in [2.05, 4.69) is 15.9 Å². The molecule has 0 unspecified atom stereocenters. The first kappa shape index (κ1) is 13.2. The number of nitrogens with zero attached hydrogens (tertiary/aromatic N) is 1. The van der Waals surface area contributed by atoms with E-state index < -0.39 is 0 Å². The third kappa shape index (κ3) is 2.00. The van der Waals surface area contributed by atoms with Crippen molar-refractivity contribution in [2.24, 2.45) is 0 Å². The fraction of sp³-hybridized carbons (Fsp3) is 0.188. The van der Waals surface area contributed by atoms with E-state index in [-0.39, 0.29) is 11.7 Å². The molecule has 3 nitrogen and oxygen atoms in total. The molecule has 2 aromatic rings. The van der Waals surface area contributed by atoms with Crippen LogP contribution in [0.4, 0.5) is 5.69 Å². The number of hydrogen-bond acceptors (Lipinski definition) is 2. The summed E-state index contributed by atoms with van der Waals surface area (Å²) < 4.78 is 0.990. The number of phenols is 1. The summed E-state index contributed by atoms with van der Waals surface area (Å²) in [5.41, 5.74) is 3.31. The molecule has 0 fully saturated rings. The minimum absolute atomic E-state index is 0.0525. The molecule has 0 atom stereocenters. The lowest BCUT2D eigenvalue weighted by molar-refractivity contribution is 0.0979. The van der Waals surface area contributed by atoms with Gasteiger partial charge in [-0.1, -0.05) is 28.1 Å². The zero-order valence-corrected chi connectivity index (χ0v) is 12.6. The molecule has 0 aliphatic carbocycles. The molecular formula is C16H14BrNO2. The SMILES string of the molecule is Cc1c(Br)cccc1N1CCc2c(O)cccc2C1=O. The van der Waals surface area contributed by atoms with E-state index in [0.717, 1.165) is 21.3 Å². The van der Waals surface area contributed by atoms with Crippen molar-refractivity contribution < 1.29 is 9.90 Å². The summed E-state index contributed by atoms with van der Waals surface area (Å²) in [5.74, 6) is 0.157. The maximum absolute atomic E-state index is 12.6. The lowest BCUT2D eigenvalue weighted by Crippen LogP contribution is -2.38. The minimum Gasteiger partial charge on any atom is -0.508 e. The highest BCUT2D eigenvalue weighted by atomic mass is 79.9. The van der Waals surface area contributed by atoms with Gasteiger partial charge in [-0.15, -0.1) is 0 Å². The van der Waals surface area contributed by atoms with E-state index >= 15 is 0 Å². The second kappa shape index (κ2) is 4.94. The third-order valence-electron chi connectivity index (χ3n) is 3.74. The number of rotatable bonds is 1. The van der Waals surface area contributed by atoms with Gasteiger partial charge in [-0.2, -0.15) is 0 Å². The van der Waals surface area contributed by atoms with Crippen molar-refractivity contribution in [1.29, 1.82) is 0 Å². The van der Waals surface area contributed by atoms with Crippen LogP contribution in [0.25, 0.3) is 0 Å². The van der Waals surface area contributed by atoms with Crippen LogP contribution >= 0.6 is 15.9 Å². The lowest BCUT2D eigenvalue weighted by Gasteiger charge is -2.30. The molecule has 2 aromatic carbocycles. The number of anilines is 1. The smallest absolute Gasteiger partial charge is 0.258 e. The molecule has 4 heteroatoms. The molecule has 0 aromatic heterocycles. The number of aromatic hydroxyl groups is 1. The van der Waals surface area contributed by atoms with Gasteiger partial charge >= 0.3 is 0 Å². The Bertz CT molecular complexity index is 697. The maximum Gasteiger partial charge on any atom is 0.258 e. The van der Waals surface area contributed by atoms with Gasteiger partial charge in [-0.05, 0) is 43.2 Å². The van der Waals surface area contributed by atoms with Gasteiger partial charge in [-0.3, -0.25) is 4.79 Å². The first-order chi connectivity index (χ1) is 9.59. The first-order valence-corrected chi connectivity index (χ1v) is 7.26. The molecule has 0 saturated carbocycles. The number of amides is 1. The van der Waals surface area contributed by atoms with E-state index in [0.29, 0.717) is 18.5 Å². The van der Waals surface area contributed by atoms with Gasteiger partial charge < -0.3 is 10.0 Å². The number of halogens is 1. The summed E-state index contributed by atoms with van der Waals surface area (Å²) in [6.45, 7) is 2.57. The van der Waals surface area contributed by atoms with Gasteiger partial charge in [0.05, 0.1) is 0 Å². The molecule has 0 saturated heterocycles. The molecule has 1 N–H and O–H groups in total. The Balaban J connectivity index is 2.07. The van der Waals surface area contributed by atoms with Crippen LogP contribution in [0, 0.1) is 6.92 Å². The molecule has 1 aliphatic heterocycles. The fourth-order valence-electron chi connectivity index (χ4n) is 2.63. The monoisotopic (exact) mass is 331 g/mol. The summed E-state index contributed by atoms with van der Waals surface area (Å²) in [4.78, 5) is 14.4. The van der Waals surface area contributed by atoms with Crippen LogP contribution in [-0.2, 0) is 6.42 Å². The standard InChI is InChI=1S/C16H14BrNO2/c1-10-13(17)5-3-6-14(10)18-9-8-11-12(16(18)20)4-2-7-15(11)19/h2-7,19H,8-9H2,1H3. The van der Waals surface area contributed by atoms with Gasteiger partial charge in [-0.25, -0.2) is 0 Å². The molecule has 1 aliphatic rings. The highest BCUT2D eigenvalue weighted by Gasteiger charge is 2.28. The van der Waals surface area contributed by atoms with Crippen molar-refractivity contribution in [3.8, 4) is 5.75 Å². The van der Waals surface area contributed by atoms with E-state index in [1.165, 1.54) is 0 Å². The predicted molar refractivity (Wildman–Crippen MR) is 82.4 cm³/mol. The Morgan fingerprint density at radius 3 is 2.75 bits per heavy atom. The van der Waals surface area contributed by atoms with Crippen molar-refractivity contribution in [3.05, 3.63) is 57.6 Å². The average molecular weight is 332 g/mol. The Kier molecular flexibility index (Phi) is 3.26. The number of fused-ring (bicyclic) bond motifs is 1. The van der Waals surface area contributed by atoms with E-state index in [1.54, 1.807) is 23.1 Å². The molecule has 102 valence electrons. The Morgan fingerprint density at radius 1 is 1.20 bits per heavy atom. The summed E-state index contributed by atoms with van der Waals surface area (Å²) in [6.07, 6.45) is 0.666. The topological polar surface area (TPSA) is 40.5 Å². The second-order valence-corrected chi connectivity index (χ2v) is 5.75. The van der Waals surface area contributed by atoms with Gasteiger partial charge in [0.25, 0.3) is 5.91 Å². The number of hydrogen-bond donors (Lipinski definition) is 1. The van der Waals surface area contributed by atoms with Crippen LogP contribution in [0.5, 0.6) is 5.75 Å². The van der Waals surface area contributed by atoms with Crippen molar-refractivity contribution in [2.45, 2.75) is 13.3 Å². The average Bonchev–Trinajstić information content (AvgIpc) is 2.44.